The van der Waals surface area contributed by atoms with Crippen molar-refractivity contribution in [3.05, 3.63) is 33.8 Å². The lowest BCUT2D eigenvalue weighted by Crippen LogP contribution is -2.18. The molecule has 0 N–H and O–H groups in total. The highest BCUT2D eigenvalue weighted by atomic mass is 79.9. The van der Waals surface area contributed by atoms with Crippen LogP contribution in [0.4, 0.5) is 22.0 Å². The van der Waals surface area contributed by atoms with E-state index < -0.39 is 36.4 Å². The SMILES string of the molecule is Fc1cc(C(Cl)COCC(F)(F)F)c(F)cc1Br. The molecule has 0 bridgehead atoms. The lowest BCUT2D eigenvalue weighted by atomic mass is 10.1. The molecule has 0 amide bonds. The maximum absolute atomic E-state index is 13.4. The Labute approximate surface area is 113 Å². The number of ether oxygens (including phenoxy) is 1. The zero-order chi connectivity index (χ0) is 13.9. The van der Waals surface area contributed by atoms with E-state index in [4.69, 9.17) is 11.6 Å². The Kier molecular flexibility index (Phi) is 5.36. The summed E-state index contributed by atoms with van der Waals surface area (Å²) in [5.41, 5.74) is -0.250. The maximum Gasteiger partial charge on any atom is 0.411 e. The number of hydrogen-bond acceptors (Lipinski definition) is 1. The van der Waals surface area contributed by atoms with Gasteiger partial charge in [0.2, 0.25) is 0 Å². The first kappa shape index (κ1) is 15.7. The van der Waals surface area contributed by atoms with E-state index in [2.05, 4.69) is 20.7 Å². The Hall–Kier alpha value is -0.400. The van der Waals surface area contributed by atoms with Gasteiger partial charge in [0, 0.05) is 5.56 Å². The fourth-order valence-electron chi connectivity index (χ4n) is 1.15. The second-order valence-electron chi connectivity index (χ2n) is 3.39. The average molecular weight is 354 g/mol. The number of benzene rings is 1. The molecule has 1 aromatic rings. The molecule has 1 aromatic carbocycles. The fraction of sp³-hybridized carbons (Fsp3) is 0.400. The quantitative estimate of drug-likeness (QED) is 0.437. The van der Waals surface area contributed by atoms with Crippen molar-refractivity contribution in [2.24, 2.45) is 0 Å². The summed E-state index contributed by atoms with van der Waals surface area (Å²) < 4.78 is 66.1. The van der Waals surface area contributed by atoms with E-state index in [1.165, 1.54) is 0 Å². The molecule has 0 fully saturated rings. The van der Waals surface area contributed by atoms with Gasteiger partial charge in [0.1, 0.15) is 18.2 Å². The first-order valence-electron chi connectivity index (χ1n) is 4.63. The van der Waals surface area contributed by atoms with Crippen molar-refractivity contribution in [3.63, 3.8) is 0 Å². The van der Waals surface area contributed by atoms with Gasteiger partial charge in [-0.1, -0.05) is 0 Å². The summed E-state index contributed by atoms with van der Waals surface area (Å²) in [6, 6.07) is 1.66. The van der Waals surface area contributed by atoms with E-state index >= 15 is 0 Å². The predicted octanol–water partition coefficient (Wildman–Crippen LogP) is 4.59. The summed E-state index contributed by atoms with van der Waals surface area (Å²) >= 11 is 8.42. The highest BCUT2D eigenvalue weighted by Gasteiger charge is 2.28. The molecule has 0 aliphatic heterocycles. The zero-order valence-electron chi connectivity index (χ0n) is 8.70. The van der Waals surface area contributed by atoms with E-state index in [0.29, 0.717) is 0 Å². The second kappa shape index (κ2) is 6.16. The minimum atomic E-state index is -4.49. The molecule has 0 aliphatic rings. The summed E-state index contributed by atoms with van der Waals surface area (Å²) in [7, 11) is 0. The highest BCUT2D eigenvalue weighted by molar-refractivity contribution is 9.10. The molecule has 0 aliphatic carbocycles. The van der Waals surface area contributed by atoms with Gasteiger partial charge in [0.25, 0.3) is 0 Å². The van der Waals surface area contributed by atoms with Crippen LogP contribution < -0.4 is 0 Å². The van der Waals surface area contributed by atoms with Gasteiger partial charge in [0.05, 0.1) is 16.5 Å². The average Bonchev–Trinajstić information content (AvgIpc) is 2.21. The molecule has 1 nitrogen and oxygen atoms in total. The van der Waals surface area contributed by atoms with E-state index in [-0.39, 0.29) is 10.0 Å². The number of halogens is 7. The molecule has 1 atom stereocenters. The standard InChI is InChI=1S/C10H7BrClF5O/c11-6-2-8(13)5(1-9(6)14)7(12)3-18-4-10(15,16)17/h1-2,7H,3-4H2. The second-order valence-corrected chi connectivity index (χ2v) is 4.77. The molecule has 1 rings (SSSR count). The van der Waals surface area contributed by atoms with Crippen molar-refractivity contribution in [2.45, 2.75) is 11.6 Å². The normalized spacial score (nSPS) is 13.7. The van der Waals surface area contributed by atoms with Gasteiger partial charge >= 0.3 is 6.18 Å². The molecule has 0 saturated heterocycles. The van der Waals surface area contributed by atoms with Crippen LogP contribution in [-0.2, 0) is 4.74 Å². The molecule has 8 heteroatoms. The first-order valence-corrected chi connectivity index (χ1v) is 5.86. The summed E-state index contributed by atoms with van der Waals surface area (Å²) in [5.74, 6) is -1.58. The molecular weight excluding hydrogens is 346 g/mol. The van der Waals surface area contributed by atoms with Crippen LogP contribution in [0.5, 0.6) is 0 Å². The lowest BCUT2D eigenvalue weighted by Gasteiger charge is -2.13. The Morgan fingerprint density at radius 3 is 2.39 bits per heavy atom. The van der Waals surface area contributed by atoms with E-state index in [0.717, 1.165) is 12.1 Å². The number of alkyl halides is 4. The Morgan fingerprint density at radius 2 is 1.83 bits per heavy atom. The van der Waals surface area contributed by atoms with Gasteiger partial charge in [0.15, 0.2) is 0 Å². The van der Waals surface area contributed by atoms with Crippen LogP contribution >= 0.6 is 27.5 Å². The predicted molar refractivity (Wildman–Crippen MR) is 59.5 cm³/mol. The van der Waals surface area contributed by atoms with Gasteiger partial charge < -0.3 is 4.74 Å². The van der Waals surface area contributed by atoms with Crippen molar-refractivity contribution in [1.29, 1.82) is 0 Å². The van der Waals surface area contributed by atoms with Crippen molar-refractivity contribution >= 4 is 27.5 Å². The zero-order valence-corrected chi connectivity index (χ0v) is 11.0. The monoisotopic (exact) mass is 352 g/mol. The van der Waals surface area contributed by atoms with Gasteiger partial charge in [-0.3, -0.25) is 0 Å². The third-order valence-corrected chi connectivity index (χ3v) is 2.88. The topological polar surface area (TPSA) is 9.23 Å². The number of rotatable bonds is 4. The van der Waals surface area contributed by atoms with Crippen LogP contribution in [0.1, 0.15) is 10.9 Å². The molecule has 18 heavy (non-hydrogen) atoms. The lowest BCUT2D eigenvalue weighted by molar-refractivity contribution is -0.173. The van der Waals surface area contributed by atoms with Crippen molar-refractivity contribution in [1.82, 2.24) is 0 Å². The maximum atomic E-state index is 13.4. The van der Waals surface area contributed by atoms with Crippen molar-refractivity contribution < 1.29 is 26.7 Å². The fourth-order valence-corrected chi connectivity index (χ4v) is 1.72. The van der Waals surface area contributed by atoms with E-state index in [1.54, 1.807) is 0 Å². The number of hydrogen-bond donors (Lipinski definition) is 0. The van der Waals surface area contributed by atoms with Crippen LogP contribution in [0.25, 0.3) is 0 Å². The van der Waals surface area contributed by atoms with Gasteiger partial charge in [-0.2, -0.15) is 13.2 Å². The molecule has 1 unspecified atom stereocenters. The molecule has 102 valence electrons. The minimum absolute atomic E-state index is 0.0937. The molecule has 0 saturated carbocycles. The van der Waals surface area contributed by atoms with E-state index in [1.807, 2.05) is 0 Å². The summed E-state index contributed by atoms with van der Waals surface area (Å²) in [4.78, 5) is 0. The Morgan fingerprint density at radius 1 is 1.22 bits per heavy atom. The molecular formula is C10H7BrClF5O. The van der Waals surface area contributed by atoms with Gasteiger partial charge in [-0.15, -0.1) is 11.6 Å². The first-order chi connectivity index (χ1) is 8.20. The van der Waals surface area contributed by atoms with Crippen LogP contribution in [-0.4, -0.2) is 19.4 Å². The van der Waals surface area contributed by atoms with Crippen LogP contribution in [0.3, 0.4) is 0 Å². The minimum Gasteiger partial charge on any atom is -0.370 e. The van der Waals surface area contributed by atoms with Crippen LogP contribution in [0.2, 0.25) is 0 Å². The summed E-state index contributed by atoms with van der Waals surface area (Å²) in [6.07, 6.45) is -4.49. The molecule has 0 aromatic heterocycles. The van der Waals surface area contributed by atoms with Crippen molar-refractivity contribution in [3.8, 4) is 0 Å². The Bertz CT molecular complexity index is 423. The summed E-state index contributed by atoms with van der Waals surface area (Å²) in [5, 5.41) is -1.20. The summed E-state index contributed by atoms with van der Waals surface area (Å²) in [6.45, 7) is -2.06. The third kappa shape index (κ3) is 4.70. The molecule has 0 heterocycles. The van der Waals surface area contributed by atoms with Gasteiger partial charge in [-0.05, 0) is 28.1 Å². The van der Waals surface area contributed by atoms with Crippen molar-refractivity contribution in [2.75, 3.05) is 13.2 Å². The van der Waals surface area contributed by atoms with Crippen LogP contribution in [0, 0.1) is 11.6 Å². The van der Waals surface area contributed by atoms with E-state index in [9.17, 15) is 22.0 Å². The van der Waals surface area contributed by atoms with Gasteiger partial charge in [-0.25, -0.2) is 8.78 Å². The van der Waals surface area contributed by atoms with Crippen LogP contribution in [0.15, 0.2) is 16.6 Å². The largest absolute Gasteiger partial charge is 0.411 e. The Balaban J connectivity index is 2.67. The highest BCUT2D eigenvalue weighted by Crippen LogP contribution is 2.28. The third-order valence-electron chi connectivity index (χ3n) is 1.91. The smallest absolute Gasteiger partial charge is 0.370 e. The molecule has 0 spiro atoms. The molecule has 0 radical (unpaired) electrons.